The Morgan fingerprint density at radius 2 is 1.28 bits per heavy atom. The van der Waals surface area contributed by atoms with Crippen molar-refractivity contribution in [2.24, 2.45) is 0 Å². The van der Waals surface area contributed by atoms with Gasteiger partial charge in [-0.15, -0.1) is 11.1 Å². The van der Waals surface area contributed by atoms with Gasteiger partial charge in [0.1, 0.15) is 0 Å². The first-order valence-corrected chi connectivity index (χ1v) is 5.72. The topological polar surface area (TPSA) is 12.9 Å². The third kappa shape index (κ3) is 14.2. The van der Waals surface area contributed by atoms with Crippen molar-refractivity contribution in [1.82, 2.24) is 4.98 Å². The van der Waals surface area contributed by atoms with Crippen LogP contribution < -0.4 is 0 Å². The molecule has 1 nitrogen and oxygen atoms in total. The fourth-order valence-corrected chi connectivity index (χ4v) is 2.01. The van der Waals surface area contributed by atoms with Gasteiger partial charge in [-0.2, -0.15) is 12.2 Å². The van der Waals surface area contributed by atoms with Gasteiger partial charge in [-0.1, -0.05) is 54.4 Å². The molecule has 7 heteroatoms. The average molecular weight is 782 g/mol. The van der Waals surface area contributed by atoms with Crippen molar-refractivity contribution < 1.29 is 196 Å². The van der Waals surface area contributed by atoms with E-state index in [1.54, 1.807) is 0 Å². The molecule has 0 amide bonds. The first kappa shape index (κ1) is 43.4. The third-order valence-corrected chi connectivity index (χ3v) is 2.91. The van der Waals surface area contributed by atoms with Crippen molar-refractivity contribution in [3.8, 4) is 0 Å². The number of nitrogens with zero attached hydrogens (tertiary/aromatic N) is 1. The SMILES string of the molecule is [C-]1=C(c2ccccn2)CC(c2ccccc2)=C1.[CH3-].[CH3-].[Y].[Y].[Y].[Y].[Y].[Y]. The van der Waals surface area contributed by atoms with Gasteiger partial charge in [0.15, 0.2) is 0 Å². The molecule has 1 aliphatic carbocycles. The van der Waals surface area contributed by atoms with Crippen molar-refractivity contribution in [2.75, 3.05) is 0 Å². The number of rotatable bonds is 2. The van der Waals surface area contributed by atoms with E-state index in [1.165, 1.54) is 16.7 Å². The molecule has 3 rings (SSSR count). The first-order chi connectivity index (χ1) is 8.43. The summed E-state index contributed by atoms with van der Waals surface area (Å²) >= 11 is 0. The smallest absolute Gasteiger partial charge is 0.0124 e. The van der Waals surface area contributed by atoms with Crippen LogP contribution in [0.3, 0.4) is 0 Å². The van der Waals surface area contributed by atoms with Gasteiger partial charge in [0.25, 0.3) is 0 Å². The van der Waals surface area contributed by atoms with E-state index in [1.807, 2.05) is 30.5 Å². The van der Waals surface area contributed by atoms with Crippen LogP contribution in [-0.2, 0) is 196 Å². The maximum absolute atomic E-state index is 4.36. The molecule has 1 aromatic heterocycles. The van der Waals surface area contributed by atoms with Crippen LogP contribution in [0.4, 0.5) is 0 Å². The van der Waals surface area contributed by atoms with Crippen LogP contribution in [0, 0.1) is 20.9 Å². The molecule has 0 N–H and O–H groups in total. The van der Waals surface area contributed by atoms with Crippen LogP contribution >= 0.6 is 0 Å². The molecule has 0 bridgehead atoms. The zero-order valence-electron chi connectivity index (χ0n) is 14.9. The molecule has 1 heterocycles. The zero-order valence-corrected chi connectivity index (χ0v) is 31.9. The van der Waals surface area contributed by atoms with Gasteiger partial charge in [0, 0.05) is 202 Å². The summed E-state index contributed by atoms with van der Waals surface area (Å²) in [6.07, 6.45) is 8.12. The molecule has 6 radical (unpaired) electrons. The third-order valence-electron chi connectivity index (χ3n) is 2.91. The molecular formula is C18H18NY6-3. The minimum Gasteiger partial charge on any atom is -0.358 e. The number of aromatic nitrogens is 1. The summed E-state index contributed by atoms with van der Waals surface area (Å²) in [5, 5.41) is 0. The second-order valence-electron chi connectivity index (χ2n) is 4.05. The molecule has 25 heavy (non-hydrogen) atoms. The second-order valence-corrected chi connectivity index (χ2v) is 4.05. The summed E-state index contributed by atoms with van der Waals surface area (Å²) in [6, 6.07) is 16.4. The summed E-state index contributed by atoms with van der Waals surface area (Å²) in [4.78, 5) is 4.36. The molecule has 0 saturated heterocycles. The van der Waals surface area contributed by atoms with E-state index < -0.39 is 0 Å². The Morgan fingerprint density at radius 1 is 0.720 bits per heavy atom. The summed E-state index contributed by atoms with van der Waals surface area (Å²) < 4.78 is 0. The quantitative estimate of drug-likeness (QED) is 0.406. The number of allylic oxidation sites excluding steroid dienone is 4. The van der Waals surface area contributed by atoms with Gasteiger partial charge in [-0.3, -0.25) is 0 Å². The van der Waals surface area contributed by atoms with E-state index in [0.29, 0.717) is 0 Å². The average Bonchev–Trinajstić information content (AvgIpc) is 2.90. The van der Waals surface area contributed by atoms with Crippen molar-refractivity contribution >= 4 is 11.1 Å². The van der Waals surface area contributed by atoms with E-state index in [2.05, 4.69) is 41.4 Å². The zero-order chi connectivity index (χ0) is 11.5. The first-order valence-electron chi connectivity index (χ1n) is 5.72. The number of benzene rings is 1. The van der Waals surface area contributed by atoms with E-state index in [9.17, 15) is 0 Å². The summed E-state index contributed by atoms with van der Waals surface area (Å²) in [5.41, 5.74) is 4.77. The van der Waals surface area contributed by atoms with E-state index >= 15 is 0 Å². The van der Waals surface area contributed by atoms with Gasteiger partial charge in [-0.05, 0) is 11.8 Å². The Balaban J connectivity index is -0.000000113. The Hall–Kier alpha value is 4.47. The Labute approximate surface area is 304 Å². The minimum absolute atomic E-state index is 0. The molecule has 0 aliphatic heterocycles. The standard InChI is InChI=1S/C16H12N.2CH3.6Y/c1-2-6-13(7-3-1)14-9-10-15(12-14)16-8-4-5-11-17-16;;;;;;;;/h1-9,11H,12H2;2*1H3;;;;;;/q3*-1;;;;;;. The molecule has 2 aromatic rings. The summed E-state index contributed by atoms with van der Waals surface area (Å²) in [5.74, 6) is 0. The Morgan fingerprint density at radius 3 is 1.80 bits per heavy atom. The largest absolute Gasteiger partial charge is 0.358 e. The number of hydrogen-bond donors (Lipinski definition) is 0. The molecule has 1 aliphatic rings. The van der Waals surface area contributed by atoms with Crippen molar-refractivity contribution in [3.63, 3.8) is 0 Å². The fourth-order valence-electron chi connectivity index (χ4n) is 2.01. The van der Waals surface area contributed by atoms with Gasteiger partial charge < -0.3 is 19.8 Å². The van der Waals surface area contributed by atoms with Crippen LogP contribution in [0.15, 0.2) is 60.8 Å². The molecule has 0 saturated carbocycles. The van der Waals surface area contributed by atoms with Gasteiger partial charge >= 0.3 is 0 Å². The number of pyridine rings is 1. The van der Waals surface area contributed by atoms with Crippen molar-refractivity contribution in [3.05, 3.63) is 93.0 Å². The monoisotopic (exact) mass is 782 g/mol. The van der Waals surface area contributed by atoms with Crippen LogP contribution in [0.2, 0.25) is 0 Å². The van der Waals surface area contributed by atoms with Crippen LogP contribution in [0.1, 0.15) is 17.7 Å². The predicted molar refractivity (Wildman–Crippen MR) is 82.8 cm³/mol. The Kier molecular flexibility index (Phi) is 42.9. The van der Waals surface area contributed by atoms with Crippen LogP contribution in [0.25, 0.3) is 11.1 Å². The van der Waals surface area contributed by atoms with E-state index in [-0.39, 0.29) is 211 Å². The van der Waals surface area contributed by atoms with E-state index in [4.69, 9.17) is 0 Å². The molecule has 116 valence electrons. The Bertz CT molecular complexity index is 532. The molecule has 1 aromatic carbocycles. The van der Waals surface area contributed by atoms with Gasteiger partial charge in [0.05, 0.1) is 0 Å². The molecule has 0 atom stereocenters. The summed E-state index contributed by atoms with van der Waals surface area (Å²) in [7, 11) is 0. The second kappa shape index (κ2) is 24.7. The van der Waals surface area contributed by atoms with Gasteiger partial charge in [-0.25, -0.2) is 0 Å². The minimum atomic E-state index is 0. The molecular weight excluding hydrogens is 764 g/mol. The summed E-state index contributed by atoms with van der Waals surface area (Å²) in [6.45, 7) is 0. The maximum atomic E-state index is 4.36. The van der Waals surface area contributed by atoms with Crippen molar-refractivity contribution in [2.45, 2.75) is 6.42 Å². The maximum Gasteiger partial charge on any atom is 0.0124 e. The van der Waals surface area contributed by atoms with Crippen LogP contribution in [0.5, 0.6) is 0 Å². The van der Waals surface area contributed by atoms with Crippen LogP contribution in [-0.4, -0.2) is 4.98 Å². The van der Waals surface area contributed by atoms with E-state index in [0.717, 1.165) is 12.1 Å². The molecule has 0 unspecified atom stereocenters. The molecule has 0 spiro atoms. The predicted octanol–water partition coefficient (Wildman–Crippen LogP) is 4.64. The fraction of sp³-hybridized carbons (Fsp3) is 0.0556. The molecule has 0 fully saturated rings. The van der Waals surface area contributed by atoms with Gasteiger partial charge in [0.2, 0.25) is 0 Å². The normalized spacial score (nSPS) is 9.76. The van der Waals surface area contributed by atoms with Crippen molar-refractivity contribution in [1.29, 1.82) is 0 Å². The number of hydrogen-bond acceptors (Lipinski definition) is 1.